The highest BCUT2D eigenvalue weighted by Gasteiger charge is 2.47. The van der Waals surface area contributed by atoms with Crippen LogP contribution >= 0.6 is 0 Å². The number of hydrogen-bond donors (Lipinski definition) is 1. The van der Waals surface area contributed by atoms with Crippen molar-refractivity contribution >= 4 is 37.2 Å². The first kappa shape index (κ1) is 22.9. The van der Waals surface area contributed by atoms with Gasteiger partial charge in [-0.3, -0.25) is 0 Å². The molecule has 0 saturated heterocycles. The van der Waals surface area contributed by atoms with Crippen LogP contribution in [0, 0.1) is 0 Å². The van der Waals surface area contributed by atoms with E-state index in [1.54, 1.807) is 0 Å². The van der Waals surface area contributed by atoms with E-state index in [1.165, 1.54) is 20.7 Å². The smallest absolute Gasteiger partial charge is 0.187 e. The number of hydrogen-bond acceptors (Lipinski definition) is 1. The van der Waals surface area contributed by atoms with Gasteiger partial charge in [0, 0.05) is 0 Å². The van der Waals surface area contributed by atoms with Crippen molar-refractivity contribution in [2.24, 2.45) is 0 Å². The Morgan fingerprint density at radius 2 is 0.697 bits per heavy atom. The lowest BCUT2D eigenvalue weighted by atomic mass is 10.4. The van der Waals surface area contributed by atoms with E-state index in [9.17, 15) is 0 Å². The van der Waals surface area contributed by atoms with E-state index in [1.807, 2.05) is 0 Å². The molecule has 0 aliphatic heterocycles. The Morgan fingerprint density at radius 3 is 0.909 bits per heavy atom. The minimum Gasteiger partial charge on any atom is -0.345 e. The van der Waals surface area contributed by atoms with Gasteiger partial charge in [-0.25, -0.2) is 0 Å². The Morgan fingerprint density at radius 1 is 0.455 bits per heavy atom. The van der Waals surface area contributed by atoms with Crippen molar-refractivity contribution in [3.63, 3.8) is 0 Å². The first-order valence-corrected chi connectivity index (χ1v) is 15.9. The molecule has 1 nitrogen and oxygen atoms in total. The van der Waals surface area contributed by atoms with Crippen molar-refractivity contribution in [3.8, 4) is 0 Å². The maximum absolute atomic E-state index is 4.48. The molecule has 0 bridgehead atoms. The molecule has 0 aliphatic rings. The van der Waals surface area contributed by atoms with Crippen molar-refractivity contribution in [3.05, 3.63) is 147 Å². The summed E-state index contributed by atoms with van der Waals surface area (Å²) in [5.74, 6) is 0. The van der Waals surface area contributed by atoms with Crippen molar-refractivity contribution < 1.29 is 0 Å². The lowest BCUT2D eigenvalue weighted by molar-refractivity contribution is 1.30. The van der Waals surface area contributed by atoms with Gasteiger partial charge in [-0.2, -0.15) is 0 Å². The largest absolute Gasteiger partial charge is 0.345 e. The summed E-state index contributed by atoms with van der Waals surface area (Å²) in [5, 5.41) is 5.51. The van der Waals surface area contributed by atoms with Crippen LogP contribution in [-0.2, 0) is 0 Å². The zero-order chi connectivity index (χ0) is 23.0. The summed E-state index contributed by atoms with van der Waals surface area (Å²) in [4.78, 5) is 0. The summed E-state index contributed by atoms with van der Waals surface area (Å²) in [6, 6.07) is 45.8. The standard InChI is InChI=1S/C30H31NSi2/c1-3-25-32(27-17-9-5-10-18-27,28-19-11-6-12-20-28)31-33(26-4-2,29-21-13-7-14-22-29)30-23-15-8-16-24-30/h3-24,31H,1-2,25-26H2. The second-order valence-corrected chi connectivity index (χ2v) is 16.1. The van der Waals surface area contributed by atoms with Crippen LogP contribution in [0.15, 0.2) is 147 Å². The number of benzene rings is 4. The van der Waals surface area contributed by atoms with Gasteiger partial charge >= 0.3 is 0 Å². The Kier molecular flexibility index (Phi) is 7.35. The monoisotopic (exact) mass is 461 g/mol. The SMILES string of the molecule is C=CC[Si](N[Si](CC=C)(c1ccccc1)c1ccccc1)(c1ccccc1)c1ccccc1. The molecular formula is C30H31NSi2. The van der Waals surface area contributed by atoms with E-state index in [0.29, 0.717) is 0 Å². The molecule has 0 amide bonds. The molecule has 0 aliphatic carbocycles. The molecule has 0 spiro atoms. The van der Waals surface area contributed by atoms with Gasteiger partial charge in [-0.1, -0.05) is 133 Å². The highest BCUT2D eigenvalue weighted by Crippen LogP contribution is 2.17. The summed E-state index contributed by atoms with van der Waals surface area (Å²) in [6.45, 7) is 8.42. The summed E-state index contributed by atoms with van der Waals surface area (Å²) in [6.07, 6.45) is 4.20. The van der Waals surface area contributed by atoms with Crippen LogP contribution in [0.1, 0.15) is 0 Å². The molecular weight excluding hydrogens is 431 g/mol. The van der Waals surface area contributed by atoms with Crippen LogP contribution < -0.4 is 25.4 Å². The first-order valence-electron chi connectivity index (χ1n) is 11.5. The maximum Gasteiger partial charge on any atom is 0.187 e. The molecule has 164 valence electrons. The van der Waals surface area contributed by atoms with E-state index >= 15 is 0 Å². The highest BCUT2D eigenvalue weighted by molar-refractivity contribution is 7.14. The first-order chi connectivity index (χ1) is 16.2. The lowest BCUT2D eigenvalue weighted by Crippen LogP contribution is -2.82. The predicted molar refractivity (Wildman–Crippen MR) is 149 cm³/mol. The molecule has 0 heterocycles. The molecule has 0 aromatic heterocycles. The molecule has 0 saturated carbocycles. The fraction of sp³-hybridized carbons (Fsp3) is 0.0667. The number of allylic oxidation sites excluding steroid dienone is 2. The second-order valence-electron chi connectivity index (χ2n) is 8.39. The van der Waals surface area contributed by atoms with Crippen LogP contribution in [0.25, 0.3) is 0 Å². The molecule has 0 fully saturated rings. The third-order valence-electron chi connectivity index (χ3n) is 6.39. The fourth-order valence-corrected chi connectivity index (χ4v) is 16.4. The van der Waals surface area contributed by atoms with Gasteiger partial charge in [0.05, 0.1) is 0 Å². The lowest BCUT2D eigenvalue weighted by Gasteiger charge is -2.43. The van der Waals surface area contributed by atoms with Crippen LogP contribution in [0.5, 0.6) is 0 Å². The van der Waals surface area contributed by atoms with Gasteiger partial charge in [0.25, 0.3) is 0 Å². The van der Waals surface area contributed by atoms with E-state index in [2.05, 4.69) is 151 Å². The van der Waals surface area contributed by atoms with E-state index in [4.69, 9.17) is 0 Å². The quantitative estimate of drug-likeness (QED) is 0.271. The molecule has 3 heteroatoms. The summed E-state index contributed by atoms with van der Waals surface area (Å²) in [5.41, 5.74) is 0. The second kappa shape index (κ2) is 10.6. The summed E-state index contributed by atoms with van der Waals surface area (Å²) in [7, 11) is -4.88. The third kappa shape index (κ3) is 4.62. The van der Waals surface area contributed by atoms with Gasteiger partial charge in [0.15, 0.2) is 16.5 Å². The average molecular weight is 462 g/mol. The molecule has 4 aromatic rings. The van der Waals surface area contributed by atoms with Gasteiger partial charge in [0.2, 0.25) is 0 Å². The Balaban J connectivity index is 2.03. The molecule has 33 heavy (non-hydrogen) atoms. The zero-order valence-electron chi connectivity index (χ0n) is 19.0. The van der Waals surface area contributed by atoms with E-state index < -0.39 is 16.5 Å². The topological polar surface area (TPSA) is 12.0 Å². The zero-order valence-corrected chi connectivity index (χ0v) is 21.0. The average Bonchev–Trinajstić information content (AvgIpc) is 2.90. The molecule has 0 unspecified atom stereocenters. The van der Waals surface area contributed by atoms with Gasteiger partial charge < -0.3 is 4.65 Å². The van der Waals surface area contributed by atoms with Crippen LogP contribution in [0.4, 0.5) is 0 Å². The van der Waals surface area contributed by atoms with Crippen molar-refractivity contribution in [2.45, 2.75) is 12.1 Å². The van der Waals surface area contributed by atoms with Gasteiger partial charge in [-0.05, 0) is 32.8 Å². The molecule has 0 radical (unpaired) electrons. The molecule has 4 aromatic carbocycles. The van der Waals surface area contributed by atoms with E-state index in [0.717, 1.165) is 12.1 Å². The van der Waals surface area contributed by atoms with Gasteiger partial charge in [0.1, 0.15) is 0 Å². The van der Waals surface area contributed by atoms with Crippen molar-refractivity contribution in [1.29, 1.82) is 0 Å². The van der Waals surface area contributed by atoms with Crippen LogP contribution in [0.2, 0.25) is 12.1 Å². The summed E-state index contributed by atoms with van der Waals surface area (Å²) < 4.78 is 4.48. The maximum atomic E-state index is 4.48. The Hall–Kier alpha value is -3.25. The van der Waals surface area contributed by atoms with Crippen molar-refractivity contribution in [1.82, 2.24) is 4.65 Å². The predicted octanol–water partition coefficient (Wildman–Crippen LogP) is 4.47. The normalized spacial score (nSPS) is 11.6. The fourth-order valence-electron chi connectivity index (χ4n) is 4.88. The molecule has 0 atom stereocenters. The van der Waals surface area contributed by atoms with Crippen molar-refractivity contribution in [2.75, 3.05) is 0 Å². The Bertz CT molecular complexity index is 985. The minimum atomic E-state index is -2.44. The van der Waals surface area contributed by atoms with Crippen LogP contribution in [0.3, 0.4) is 0 Å². The van der Waals surface area contributed by atoms with Crippen LogP contribution in [-0.4, -0.2) is 16.5 Å². The highest BCUT2D eigenvalue weighted by atomic mass is 28.4. The Labute approximate surface area is 200 Å². The van der Waals surface area contributed by atoms with E-state index in [-0.39, 0.29) is 0 Å². The molecule has 4 rings (SSSR count). The summed E-state index contributed by atoms with van der Waals surface area (Å²) >= 11 is 0. The molecule has 1 N–H and O–H groups in total. The number of nitrogens with one attached hydrogen (secondary N) is 1. The number of rotatable bonds is 10. The minimum absolute atomic E-state index is 0.909. The third-order valence-corrected chi connectivity index (χ3v) is 16.9. The van der Waals surface area contributed by atoms with Gasteiger partial charge in [-0.15, -0.1) is 13.2 Å².